The van der Waals surface area contributed by atoms with Crippen LogP contribution < -0.4 is 4.74 Å². The van der Waals surface area contributed by atoms with Crippen molar-refractivity contribution in [3.63, 3.8) is 0 Å². The molecular weight excluding hydrogens is 459 g/mol. The van der Waals surface area contributed by atoms with Crippen molar-refractivity contribution in [1.82, 2.24) is 0 Å². The zero-order valence-electron chi connectivity index (χ0n) is 18.6. The summed E-state index contributed by atoms with van der Waals surface area (Å²) >= 11 is 0. The summed E-state index contributed by atoms with van der Waals surface area (Å²) in [5.41, 5.74) is 0.852. The molecule has 0 saturated carbocycles. The summed E-state index contributed by atoms with van der Waals surface area (Å²) in [6.07, 6.45) is 0.297. The van der Waals surface area contributed by atoms with Gasteiger partial charge in [0.1, 0.15) is 5.82 Å². The van der Waals surface area contributed by atoms with E-state index in [1.165, 1.54) is 6.07 Å². The standard InChI is InChI=1S/C25H25F5O4/c1-2-8-24-13-32-25(33-14-24,34-15-24)18-6-5-17(19(26)12-18)4-3-16-10-20(27)23(21(28)11-16)31-9-7-22(29)30/h5-7,9-12,22H,2-4,8,13-15H2,1H3/b9-7+. The van der Waals surface area contributed by atoms with Crippen LogP contribution in [-0.4, -0.2) is 26.2 Å². The molecule has 0 aromatic heterocycles. The number of halogens is 5. The first-order valence-corrected chi connectivity index (χ1v) is 11.1. The average Bonchev–Trinajstić information content (AvgIpc) is 2.81. The van der Waals surface area contributed by atoms with E-state index >= 15 is 0 Å². The van der Waals surface area contributed by atoms with Gasteiger partial charge in [-0.15, -0.1) is 0 Å². The highest BCUT2D eigenvalue weighted by Crippen LogP contribution is 2.46. The number of hydrogen-bond acceptors (Lipinski definition) is 4. The summed E-state index contributed by atoms with van der Waals surface area (Å²) in [5.74, 6) is -4.79. The van der Waals surface area contributed by atoms with Crippen LogP contribution >= 0.6 is 0 Å². The number of alkyl halides is 2. The highest BCUT2D eigenvalue weighted by Gasteiger charge is 2.53. The van der Waals surface area contributed by atoms with Crippen LogP contribution in [0.15, 0.2) is 42.7 Å². The lowest BCUT2D eigenvalue weighted by Gasteiger charge is -2.51. The van der Waals surface area contributed by atoms with Gasteiger partial charge in [-0.2, -0.15) is 0 Å². The number of hydrogen-bond donors (Lipinski definition) is 0. The van der Waals surface area contributed by atoms with Crippen LogP contribution in [0, 0.1) is 22.9 Å². The molecule has 0 amide bonds. The zero-order chi connectivity index (χ0) is 24.3. The summed E-state index contributed by atoms with van der Waals surface area (Å²) in [6, 6.07) is 6.58. The number of aryl methyl sites for hydroxylation is 2. The average molecular weight is 484 g/mol. The van der Waals surface area contributed by atoms with Crippen LogP contribution in [0.2, 0.25) is 0 Å². The summed E-state index contributed by atoms with van der Waals surface area (Å²) in [6.45, 7) is 3.50. The molecule has 184 valence electrons. The first-order chi connectivity index (χ1) is 16.3. The molecule has 2 aromatic carbocycles. The lowest BCUT2D eigenvalue weighted by molar-refractivity contribution is -0.480. The van der Waals surface area contributed by atoms with Crippen molar-refractivity contribution in [2.75, 3.05) is 19.8 Å². The number of rotatable bonds is 9. The second-order valence-electron chi connectivity index (χ2n) is 8.65. The number of fused-ring (bicyclic) bond motifs is 3. The van der Waals surface area contributed by atoms with Crippen molar-refractivity contribution in [1.29, 1.82) is 0 Å². The number of benzene rings is 2. The predicted molar refractivity (Wildman–Crippen MR) is 113 cm³/mol. The van der Waals surface area contributed by atoms with Gasteiger partial charge in [0.05, 0.1) is 26.1 Å². The van der Waals surface area contributed by atoms with Crippen LogP contribution in [0.4, 0.5) is 22.0 Å². The van der Waals surface area contributed by atoms with Gasteiger partial charge in [0.25, 0.3) is 6.43 Å². The van der Waals surface area contributed by atoms with E-state index < -0.39 is 35.6 Å². The molecule has 3 fully saturated rings. The molecule has 2 aromatic rings. The van der Waals surface area contributed by atoms with Crippen LogP contribution in [0.1, 0.15) is 36.5 Å². The van der Waals surface area contributed by atoms with Gasteiger partial charge in [0.15, 0.2) is 17.4 Å². The van der Waals surface area contributed by atoms with E-state index in [-0.39, 0.29) is 23.8 Å². The Labute approximate surface area is 194 Å². The van der Waals surface area contributed by atoms with Gasteiger partial charge in [0.2, 0.25) is 0 Å². The quantitative estimate of drug-likeness (QED) is 0.322. The van der Waals surface area contributed by atoms with Gasteiger partial charge in [-0.05, 0) is 48.6 Å². The highest BCUT2D eigenvalue weighted by atomic mass is 19.3. The molecule has 0 spiro atoms. The largest absolute Gasteiger partial charge is 0.459 e. The summed E-state index contributed by atoms with van der Waals surface area (Å²) in [5, 5.41) is 0. The third-order valence-corrected chi connectivity index (χ3v) is 6.04. The Morgan fingerprint density at radius 2 is 1.59 bits per heavy atom. The van der Waals surface area contributed by atoms with E-state index in [0.717, 1.165) is 25.0 Å². The number of ether oxygens (including phenoxy) is 4. The second kappa shape index (κ2) is 10.0. The molecule has 3 heterocycles. The van der Waals surface area contributed by atoms with E-state index in [9.17, 15) is 22.0 Å². The maximum absolute atomic E-state index is 14.8. The minimum Gasteiger partial charge on any atom is -0.459 e. The molecule has 3 aliphatic heterocycles. The van der Waals surface area contributed by atoms with Gasteiger partial charge in [0, 0.05) is 17.1 Å². The fourth-order valence-electron chi connectivity index (χ4n) is 4.25. The first-order valence-electron chi connectivity index (χ1n) is 11.1. The predicted octanol–water partition coefficient (Wildman–Crippen LogP) is 6.02. The molecule has 5 rings (SSSR count). The molecule has 0 aliphatic carbocycles. The second-order valence-corrected chi connectivity index (χ2v) is 8.65. The molecule has 34 heavy (non-hydrogen) atoms. The molecule has 9 heteroatoms. The SMILES string of the molecule is CCCC12COC(c3ccc(CCc4cc(F)c(O/C=C/C(F)F)c(F)c4)c(F)c3)(OC1)OC2. The Balaban J connectivity index is 1.41. The van der Waals surface area contributed by atoms with Gasteiger partial charge in [-0.1, -0.05) is 25.5 Å². The molecule has 0 atom stereocenters. The topological polar surface area (TPSA) is 36.9 Å². The summed E-state index contributed by atoms with van der Waals surface area (Å²) in [7, 11) is 0. The van der Waals surface area contributed by atoms with Crippen molar-refractivity contribution < 1.29 is 40.9 Å². The Morgan fingerprint density at radius 3 is 2.15 bits per heavy atom. The van der Waals surface area contributed by atoms with Crippen molar-refractivity contribution in [2.24, 2.45) is 5.41 Å². The molecule has 0 radical (unpaired) electrons. The normalized spacial score (nSPS) is 24.3. The molecule has 4 nitrogen and oxygen atoms in total. The molecule has 3 saturated heterocycles. The van der Waals surface area contributed by atoms with E-state index in [2.05, 4.69) is 11.7 Å². The lowest BCUT2D eigenvalue weighted by atomic mass is 9.83. The minimum atomic E-state index is -2.80. The lowest BCUT2D eigenvalue weighted by Crippen LogP contribution is -2.58. The molecular formula is C25H25F5O4. The van der Waals surface area contributed by atoms with Gasteiger partial charge in [-0.25, -0.2) is 22.0 Å². The fourth-order valence-corrected chi connectivity index (χ4v) is 4.25. The van der Waals surface area contributed by atoms with Gasteiger partial charge < -0.3 is 18.9 Å². The van der Waals surface area contributed by atoms with Crippen molar-refractivity contribution in [3.8, 4) is 5.75 Å². The van der Waals surface area contributed by atoms with Crippen molar-refractivity contribution in [3.05, 3.63) is 76.8 Å². The van der Waals surface area contributed by atoms with E-state index in [1.54, 1.807) is 12.1 Å². The fraction of sp³-hybridized carbons (Fsp3) is 0.440. The minimum absolute atomic E-state index is 0.144. The third kappa shape index (κ3) is 5.11. The van der Waals surface area contributed by atoms with E-state index in [1.807, 2.05) is 0 Å². The Kier molecular flexibility index (Phi) is 7.25. The Morgan fingerprint density at radius 1 is 0.941 bits per heavy atom. The summed E-state index contributed by atoms with van der Waals surface area (Å²) in [4.78, 5) is 0. The van der Waals surface area contributed by atoms with E-state index in [4.69, 9.17) is 14.2 Å². The first kappa shape index (κ1) is 24.6. The van der Waals surface area contributed by atoms with Crippen molar-refractivity contribution in [2.45, 2.75) is 45.0 Å². The monoisotopic (exact) mass is 484 g/mol. The summed E-state index contributed by atoms with van der Waals surface area (Å²) < 4.78 is 89.6. The highest BCUT2D eigenvalue weighted by molar-refractivity contribution is 5.33. The van der Waals surface area contributed by atoms with E-state index in [0.29, 0.717) is 43.3 Å². The molecule has 0 unspecified atom stereocenters. The van der Waals surface area contributed by atoms with Crippen LogP contribution in [-0.2, 0) is 33.0 Å². The molecule has 3 aliphatic rings. The molecule has 2 bridgehead atoms. The molecule has 0 N–H and O–H groups in total. The Bertz CT molecular complexity index is 1010. The van der Waals surface area contributed by atoms with Crippen LogP contribution in [0.5, 0.6) is 5.75 Å². The Hall–Kier alpha value is -2.49. The zero-order valence-corrected chi connectivity index (χ0v) is 18.6. The third-order valence-electron chi connectivity index (χ3n) is 6.04. The van der Waals surface area contributed by atoms with Gasteiger partial charge >= 0.3 is 5.97 Å². The smallest absolute Gasteiger partial charge is 0.312 e. The van der Waals surface area contributed by atoms with Crippen LogP contribution in [0.3, 0.4) is 0 Å². The van der Waals surface area contributed by atoms with Gasteiger partial charge in [-0.3, -0.25) is 0 Å². The van der Waals surface area contributed by atoms with Crippen molar-refractivity contribution >= 4 is 0 Å². The number of allylic oxidation sites excluding steroid dienone is 1. The maximum atomic E-state index is 14.8. The van der Waals surface area contributed by atoms with Crippen LogP contribution in [0.25, 0.3) is 0 Å². The maximum Gasteiger partial charge on any atom is 0.312 e.